The van der Waals surface area contributed by atoms with Crippen LogP contribution in [0.3, 0.4) is 0 Å². The highest BCUT2D eigenvalue weighted by atomic mass is 32.2. The van der Waals surface area contributed by atoms with E-state index in [1.165, 1.54) is 0 Å². The number of piperidine rings is 1. The zero-order valence-electron chi connectivity index (χ0n) is 14.3. The van der Waals surface area contributed by atoms with Crippen molar-refractivity contribution >= 4 is 17.7 Å². The van der Waals surface area contributed by atoms with Gasteiger partial charge in [0, 0.05) is 42.2 Å². The van der Waals surface area contributed by atoms with Gasteiger partial charge in [-0.1, -0.05) is 12.1 Å². The third kappa shape index (κ3) is 3.25. The van der Waals surface area contributed by atoms with Gasteiger partial charge in [-0.3, -0.25) is 9.78 Å². The quantitative estimate of drug-likeness (QED) is 0.778. The van der Waals surface area contributed by atoms with Gasteiger partial charge in [0.2, 0.25) is 0 Å². The van der Waals surface area contributed by atoms with E-state index in [2.05, 4.69) is 9.88 Å². The van der Waals surface area contributed by atoms with Gasteiger partial charge in [0.1, 0.15) is 11.9 Å². The molecule has 0 N–H and O–H groups in total. The smallest absolute Gasteiger partial charge is 0.255 e. The minimum Gasteiger partial charge on any atom is -0.490 e. The number of carbonyl (C=O) groups is 1. The molecule has 5 heteroatoms. The number of rotatable bonds is 4. The summed E-state index contributed by atoms with van der Waals surface area (Å²) in [6.45, 7) is 0. The summed E-state index contributed by atoms with van der Waals surface area (Å²) >= 11 is 1.63. The van der Waals surface area contributed by atoms with Crippen molar-refractivity contribution in [3.8, 4) is 5.75 Å². The topological polar surface area (TPSA) is 42.4 Å². The molecule has 1 aromatic carbocycles. The fourth-order valence-electron chi connectivity index (χ4n) is 4.12. The highest BCUT2D eigenvalue weighted by Gasteiger charge is 2.44. The van der Waals surface area contributed by atoms with Crippen molar-refractivity contribution in [2.75, 3.05) is 6.26 Å². The monoisotopic (exact) mass is 354 g/mol. The number of pyridine rings is 1. The fourth-order valence-corrected chi connectivity index (χ4v) is 4.71. The number of hydrogen-bond donors (Lipinski definition) is 0. The van der Waals surface area contributed by atoms with Crippen LogP contribution in [0.1, 0.15) is 36.0 Å². The predicted molar refractivity (Wildman–Crippen MR) is 99.1 cm³/mol. The zero-order valence-corrected chi connectivity index (χ0v) is 15.1. The number of ether oxygens (including phenoxy) is 1. The van der Waals surface area contributed by atoms with Gasteiger partial charge in [-0.15, -0.1) is 11.8 Å². The Bertz CT molecular complexity index is 738. The lowest BCUT2D eigenvalue weighted by atomic mass is 9.98. The lowest BCUT2D eigenvalue weighted by molar-refractivity contribution is 0.0356. The average molecular weight is 354 g/mol. The molecule has 0 spiro atoms. The first-order valence-electron chi connectivity index (χ1n) is 8.78. The Morgan fingerprint density at radius 2 is 1.80 bits per heavy atom. The molecule has 2 fully saturated rings. The summed E-state index contributed by atoms with van der Waals surface area (Å²) in [7, 11) is 0. The van der Waals surface area contributed by atoms with E-state index in [-0.39, 0.29) is 24.1 Å². The van der Waals surface area contributed by atoms with Crippen LogP contribution in [0.15, 0.2) is 53.7 Å². The number of amides is 1. The molecule has 2 atom stereocenters. The van der Waals surface area contributed by atoms with Crippen molar-refractivity contribution in [1.29, 1.82) is 0 Å². The summed E-state index contributed by atoms with van der Waals surface area (Å²) in [5.74, 6) is 1.05. The van der Waals surface area contributed by atoms with Gasteiger partial charge >= 0.3 is 0 Å². The largest absolute Gasteiger partial charge is 0.490 e. The second-order valence-corrected chi connectivity index (χ2v) is 7.54. The lowest BCUT2D eigenvalue weighted by Crippen LogP contribution is -2.49. The van der Waals surface area contributed by atoms with Gasteiger partial charge in [-0.2, -0.15) is 0 Å². The first-order chi connectivity index (χ1) is 12.3. The third-order valence-electron chi connectivity index (χ3n) is 5.21. The second-order valence-electron chi connectivity index (χ2n) is 6.69. The lowest BCUT2D eigenvalue weighted by Gasteiger charge is -2.39. The molecule has 0 saturated carbocycles. The van der Waals surface area contributed by atoms with E-state index in [1.54, 1.807) is 24.2 Å². The molecule has 0 aliphatic carbocycles. The standard InChI is InChI=1S/C20H22N2O2S/c1-25-19-5-3-2-4-18(19)20(23)22-14-6-7-15(22)13-17(12-14)24-16-8-10-21-11-9-16/h2-5,8-11,14-15,17H,6-7,12-13H2,1H3. The summed E-state index contributed by atoms with van der Waals surface area (Å²) in [4.78, 5) is 20.4. The number of aromatic nitrogens is 1. The van der Waals surface area contributed by atoms with Crippen LogP contribution in [0, 0.1) is 0 Å². The maximum Gasteiger partial charge on any atom is 0.255 e. The highest BCUT2D eigenvalue weighted by Crippen LogP contribution is 2.39. The van der Waals surface area contributed by atoms with E-state index in [4.69, 9.17) is 4.74 Å². The number of carbonyl (C=O) groups excluding carboxylic acids is 1. The van der Waals surface area contributed by atoms with Crippen molar-refractivity contribution in [2.24, 2.45) is 0 Å². The Balaban J connectivity index is 1.50. The molecule has 2 saturated heterocycles. The van der Waals surface area contributed by atoms with Gasteiger partial charge < -0.3 is 9.64 Å². The van der Waals surface area contributed by atoms with Crippen molar-refractivity contribution in [1.82, 2.24) is 9.88 Å². The molecule has 0 radical (unpaired) electrons. The summed E-state index contributed by atoms with van der Waals surface area (Å²) in [5, 5.41) is 0. The number of nitrogens with zero attached hydrogens (tertiary/aromatic N) is 2. The molecular weight excluding hydrogens is 332 g/mol. The molecule has 1 amide bonds. The van der Waals surface area contributed by atoms with Crippen LogP contribution in [0.2, 0.25) is 0 Å². The molecule has 2 aliphatic heterocycles. The van der Waals surface area contributed by atoms with Crippen LogP contribution < -0.4 is 4.74 Å². The first-order valence-corrected chi connectivity index (χ1v) is 10.0. The van der Waals surface area contributed by atoms with E-state index >= 15 is 0 Å². The summed E-state index contributed by atoms with van der Waals surface area (Å²) in [6, 6.07) is 12.3. The predicted octanol–water partition coefficient (Wildman–Crippen LogP) is 4.02. The average Bonchev–Trinajstić information content (AvgIpc) is 2.92. The summed E-state index contributed by atoms with van der Waals surface area (Å²) in [5.41, 5.74) is 0.834. The van der Waals surface area contributed by atoms with Crippen LogP contribution in [-0.4, -0.2) is 40.2 Å². The molecule has 2 aromatic rings. The first kappa shape index (κ1) is 16.5. The van der Waals surface area contributed by atoms with Crippen LogP contribution >= 0.6 is 11.8 Å². The van der Waals surface area contributed by atoms with Crippen molar-refractivity contribution in [2.45, 2.75) is 48.8 Å². The van der Waals surface area contributed by atoms with E-state index in [0.29, 0.717) is 0 Å². The Morgan fingerprint density at radius 3 is 2.48 bits per heavy atom. The SMILES string of the molecule is CSc1ccccc1C(=O)N1C2CCC1CC(Oc1ccncc1)C2. The number of fused-ring (bicyclic) bond motifs is 2. The maximum absolute atomic E-state index is 13.2. The van der Waals surface area contributed by atoms with Crippen molar-refractivity contribution < 1.29 is 9.53 Å². The molecule has 2 bridgehead atoms. The molecule has 2 unspecified atom stereocenters. The zero-order chi connectivity index (χ0) is 17.2. The molecule has 4 rings (SSSR count). The Labute approximate surface area is 152 Å². The van der Waals surface area contributed by atoms with Crippen molar-refractivity contribution in [3.05, 3.63) is 54.4 Å². The summed E-state index contributed by atoms with van der Waals surface area (Å²) in [6.07, 6.45) is 9.68. The van der Waals surface area contributed by atoms with Crippen LogP contribution in [-0.2, 0) is 0 Å². The van der Waals surface area contributed by atoms with Gasteiger partial charge in [0.25, 0.3) is 5.91 Å². The van der Waals surface area contributed by atoms with E-state index in [1.807, 2.05) is 42.7 Å². The third-order valence-corrected chi connectivity index (χ3v) is 6.01. The normalized spacial score (nSPS) is 25.0. The van der Waals surface area contributed by atoms with E-state index in [0.717, 1.165) is 41.9 Å². The van der Waals surface area contributed by atoms with Gasteiger partial charge in [-0.05, 0) is 43.4 Å². The Hall–Kier alpha value is -2.01. The van der Waals surface area contributed by atoms with E-state index < -0.39 is 0 Å². The number of hydrogen-bond acceptors (Lipinski definition) is 4. The Kier molecular flexibility index (Phi) is 4.66. The highest BCUT2D eigenvalue weighted by molar-refractivity contribution is 7.98. The van der Waals surface area contributed by atoms with E-state index in [9.17, 15) is 4.79 Å². The maximum atomic E-state index is 13.2. The van der Waals surface area contributed by atoms with Gasteiger partial charge in [0.15, 0.2) is 0 Å². The van der Waals surface area contributed by atoms with Gasteiger partial charge in [-0.25, -0.2) is 0 Å². The minimum absolute atomic E-state index is 0.180. The number of benzene rings is 1. The van der Waals surface area contributed by atoms with Crippen LogP contribution in [0.4, 0.5) is 0 Å². The van der Waals surface area contributed by atoms with Crippen LogP contribution in [0.25, 0.3) is 0 Å². The summed E-state index contributed by atoms with van der Waals surface area (Å²) < 4.78 is 6.13. The minimum atomic E-state index is 0.180. The molecule has 25 heavy (non-hydrogen) atoms. The van der Waals surface area contributed by atoms with Crippen molar-refractivity contribution in [3.63, 3.8) is 0 Å². The second kappa shape index (κ2) is 7.08. The molecule has 2 aliphatic rings. The fraction of sp³-hybridized carbons (Fsp3) is 0.400. The molecular formula is C20H22N2O2S. The number of thioether (sulfide) groups is 1. The molecule has 1 aromatic heterocycles. The van der Waals surface area contributed by atoms with Gasteiger partial charge in [0.05, 0.1) is 5.56 Å². The molecule has 4 nitrogen and oxygen atoms in total. The molecule has 130 valence electrons. The van der Waals surface area contributed by atoms with Crippen LogP contribution in [0.5, 0.6) is 5.75 Å². The molecule has 3 heterocycles. The Morgan fingerprint density at radius 1 is 1.12 bits per heavy atom.